The van der Waals surface area contributed by atoms with Crippen LogP contribution in [0.15, 0.2) is 0 Å². The maximum atomic E-state index is 11.4. The van der Waals surface area contributed by atoms with Crippen molar-refractivity contribution in [1.82, 2.24) is 0 Å². The van der Waals surface area contributed by atoms with Gasteiger partial charge >= 0.3 is 0 Å². The van der Waals surface area contributed by atoms with E-state index in [1.807, 2.05) is 13.8 Å². The Hall–Kier alpha value is -0.370. The minimum absolute atomic E-state index is 0.0556. The highest BCUT2D eigenvalue weighted by Gasteiger charge is 2.53. The first-order chi connectivity index (χ1) is 4.62. The second kappa shape index (κ2) is 1.62. The van der Waals surface area contributed by atoms with Crippen LogP contribution in [-0.2, 0) is 9.53 Å². The zero-order valence-corrected chi connectivity index (χ0v) is 6.39. The molecule has 0 N–H and O–H groups in total. The van der Waals surface area contributed by atoms with Gasteiger partial charge in [-0.3, -0.25) is 4.79 Å². The van der Waals surface area contributed by atoms with Crippen LogP contribution >= 0.6 is 0 Å². The van der Waals surface area contributed by atoms with Gasteiger partial charge in [0.05, 0.1) is 11.5 Å². The van der Waals surface area contributed by atoms with Gasteiger partial charge in [0.1, 0.15) is 6.10 Å². The van der Waals surface area contributed by atoms with Crippen molar-refractivity contribution in [1.29, 1.82) is 0 Å². The summed E-state index contributed by atoms with van der Waals surface area (Å²) in [5.41, 5.74) is -0.192. The van der Waals surface area contributed by atoms with Gasteiger partial charge in [0.15, 0.2) is 5.78 Å². The summed E-state index contributed by atoms with van der Waals surface area (Å²) in [4.78, 5) is 11.4. The molecule has 2 rings (SSSR count). The number of hydrogen-bond acceptors (Lipinski definition) is 2. The molecule has 2 fully saturated rings. The molecule has 2 saturated heterocycles. The van der Waals surface area contributed by atoms with E-state index in [1.54, 1.807) is 0 Å². The van der Waals surface area contributed by atoms with Gasteiger partial charge in [-0.15, -0.1) is 0 Å². The van der Waals surface area contributed by atoms with Crippen LogP contribution < -0.4 is 0 Å². The first kappa shape index (κ1) is 6.35. The molecule has 10 heavy (non-hydrogen) atoms. The second-order valence-electron chi connectivity index (χ2n) is 3.78. The maximum Gasteiger partial charge on any atom is 0.169 e. The zero-order chi connectivity index (χ0) is 7.35. The Labute approximate surface area is 60.6 Å². The minimum atomic E-state index is -0.192. The number of fused-ring (bicyclic) bond motifs is 2. The third-order valence-corrected chi connectivity index (χ3v) is 2.75. The number of ether oxygens (including phenoxy) is 1. The quantitative estimate of drug-likeness (QED) is 0.504. The molecule has 0 aromatic rings. The van der Waals surface area contributed by atoms with Gasteiger partial charge in [0.25, 0.3) is 0 Å². The lowest BCUT2D eigenvalue weighted by Gasteiger charge is -2.23. The van der Waals surface area contributed by atoms with Crippen molar-refractivity contribution >= 4 is 5.78 Å². The van der Waals surface area contributed by atoms with Gasteiger partial charge in [0, 0.05) is 0 Å². The Balaban J connectivity index is 2.34. The van der Waals surface area contributed by atoms with Crippen LogP contribution in [0.25, 0.3) is 0 Å². The number of hydrogen-bond donors (Lipinski definition) is 0. The van der Waals surface area contributed by atoms with Gasteiger partial charge < -0.3 is 4.74 Å². The van der Waals surface area contributed by atoms with Crippen molar-refractivity contribution in [3.8, 4) is 0 Å². The monoisotopic (exact) mass is 140 g/mol. The Morgan fingerprint density at radius 3 is 2.50 bits per heavy atom. The molecular formula is C8H12O2. The lowest BCUT2D eigenvalue weighted by atomic mass is 9.76. The van der Waals surface area contributed by atoms with E-state index in [0.717, 1.165) is 12.8 Å². The molecule has 2 nitrogen and oxygen atoms in total. The van der Waals surface area contributed by atoms with E-state index in [4.69, 9.17) is 4.74 Å². The smallest absolute Gasteiger partial charge is 0.169 e. The molecule has 0 saturated carbocycles. The van der Waals surface area contributed by atoms with E-state index in [1.165, 1.54) is 0 Å². The Bertz CT molecular complexity index is 184. The molecule has 2 heterocycles. The molecule has 2 bridgehead atoms. The van der Waals surface area contributed by atoms with Crippen molar-refractivity contribution in [2.45, 2.75) is 38.9 Å². The summed E-state index contributed by atoms with van der Waals surface area (Å²) < 4.78 is 5.45. The van der Waals surface area contributed by atoms with Gasteiger partial charge in [0.2, 0.25) is 0 Å². The Morgan fingerprint density at radius 1 is 1.50 bits per heavy atom. The van der Waals surface area contributed by atoms with E-state index in [2.05, 4.69) is 0 Å². The number of ketones is 1. The highest BCUT2D eigenvalue weighted by atomic mass is 16.5. The summed E-state index contributed by atoms with van der Waals surface area (Å²) in [6, 6.07) is 0. The van der Waals surface area contributed by atoms with Crippen LogP contribution in [0, 0.1) is 5.41 Å². The molecule has 56 valence electrons. The summed E-state index contributed by atoms with van der Waals surface area (Å²) in [6.45, 7) is 3.97. The molecule has 0 aromatic carbocycles. The summed E-state index contributed by atoms with van der Waals surface area (Å²) in [5.74, 6) is 0.309. The van der Waals surface area contributed by atoms with E-state index in [0.29, 0.717) is 5.78 Å². The van der Waals surface area contributed by atoms with Crippen molar-refractivity contribution in [2.75, 3.05) is 0 Å². The maximum absolute atomic E-state index is 11.4. The van der Waals surface area contributed by atoms with Crippen molar-refractivity contribution in [2.24, 2.45) is 5.41 Å². The molecule has 0 spiro atoms. The minimum Gasteiger partial charge on any atom is -0.366 e. The molecule has 0 aromatic heterocycles. The predicted molar refractivity (Wildman–Crippen MR) is 36.7 cm³/mol. The summed E-state index contributed by atoms with van der Waals surface area (Å²) >= 11 is 0. The number of carbonyl (C=O) groups is 1. The topological polar surface area (TPSA) is 26.3 Å². The van der Waals surface area contributed by atoms with Crippen LogP contribution in [0.3, 0.4) is 0 Å². The average molecular weight is 140 g/mol. The Morgan fingerprint density at radius 2 is 2.20 bits per heavy atom. The SMILES string of the molecule is CC1(C)C(=O)[C@@H]2CC[C@H]1O2. The highest BCUT2D eigenvalue weighted by molar-refractivity contribution is 5.91. The van der Waals surface area contributed by atoms with E-state index in [9.17, 15) is 4.79 Å². The third-order valence-electron chi connectivity index (χ3n) is 2.75. The van der Waals surface area contributed by atoms with Gasteiger partial charge in [-0.1, -0.05) is 13.8 Å². The first-order valence-corrected chi connectivity index (χ1v) is 3.82. The average Bonchev–Trinajstić information content (AvgIpc) is 2.37. The fourth-order valence-corrected chi connectivity index (χ4v) is 1.93. The lowest BCUT2D eigenvalue weighted by Crippen LogP contribution is -2.35. The summed E-state index contributed by atoms with van der Waals surface area (Å²) in [7, 11) is 0. The van der Waals surface area contributed by atoms with Gasteiger partial charge in [-0.05, 0) is 12.8 Å². The molecule has 2 heteroatoms. The molecule has 0 aliphatic carbocycles. The molecule has 0 amide bonds. The Kier molecular flexibility index (Phi) is 1.03. The van der Waals surface area contributed by atoms with E-state index in [-0.39, 0.29) is 17.6 Å². The van der Waals surface area contributed by atoms with Crippen molar-refractivity contribution < 1.29 is 9.53 Å². The second-order valence-corrected chi connectivity index (χ2v) is 3.78. The highest BCUT2D eigenvalue weighted by Crippen LogP contribution is 2.44. The number of rotatable bonds is 0. The predicted octanol–water partition coefficient (Wildman–Crippen LogP) is 1.14. The lowest BCUT2D eigenvalue weighted by molar-refractivity contribution is -0.127. The molecule has 0 radical (unpaired) electrons. The van der Waals surface area contributed by atoms with Crippen molar-refractivity contribution in [3.05, 3.63) is 0 Å². The summed E-state index contributed by atoms with van der Waals surface area (Å²) in [5, 5.41) is 0. The number of Topliss-reactive ketones (excluding diaryl/α,β-unsaturated/α-hetero) is 1. The van der Waals surface area contributed by atoms with E-state index >= 15 is 0 Å². The fraction of sp³-hybridized carbons (Fsp3) is 0.875. The number of carbonyl (C=O) groups excluding carboxylic acids is 1. The van der Waals surface area contributed by atoms with Crippen LogP contribution in [0.2, 0.25) is 0 Å². The normalized spacial score (nSPS) is 42.8. The summed E-state index contributed by atoms with van der Waals surface area (Å²) in [6.07, 6.45) is 2.18. The van der Waals surface area contributed by atoms with Gasteiger partial charge in [-0.2, -0.15) is 0 Å². The van der Waals surface area contributed by atoms with Crippen LogP contribution in [0.5, 0.6) is 0 Å². The molecule has 2 aliphatic heterocycles. The van der Waals surface area contributed by atoms with Crippen molar-refractivity contribution in [3.63, 3.8) is 0 Å². The molecule has 0 unspecified atom stereocenters. The zero-order valence-electron chi connectivity index (χ0n) is 6.39. The third kappa shape index (κ3) is 0.553. The largest absolute Gasteiger partial charge is 0.366 e. The van der Waals surface area contributed by atoms with Gasteiger partial charge in [-0.25, -0.2) is 0 Å². The van der Waals surface area contributed by atoms with Crippen LogP contribution in [0.1, 0.15) is 26.7 Å². The van der Waals surface area contributed by atoms with Crippen LogP contribution in [-0.4, -0.2) is 18.0 Å². The standard InChI is InChI=1S/C8H12O2/c1-8(2)6-4-3-5(10-6)7(8)9/h5-6H,3-4H2,1-2H3/t5-,6+/m0/s1. The fourth-order valence-electron chi connectivity index (χ4n) is 1.93. The van der Waals surface area contributed by atoms with Crippen LogP contribution in [0.4, 0.5) is 0 Å². The first-order valence-electron chi connectivity index (χ1n) is 3.82. The molecule has 2 atom stereocenters. The molecule has 2 aliphatic rings. The van der Waals surface area contributed by atoms with E-state index < -0.39 is 0 Å². The molecular weight excluding hydrogens is 128 g/mol.